The monoisotopic (exact) mass is 266 g/mol. The van der Waals surface area contributed by atoms with Crippen molar-refractivity contribution >= 4 is 11.6 Å². The molecule has 1 aliphatic heterocycles. The first-order chi connectivity index (χ1) is 8.68. The molecule has 0 radical (unpaired) electrons. The van der Waals surface area contributed by atoms with E-state index in [1.54, 1.807) is 0 Å². The zero-order valence-electron chi connectivity index (χ0n) is 11.3. The molecule has 1 heterocycles. The Morgan fingerprint density at radius 2 is 1.89 bits per heavy atom. The molecule has 1 saturated heterocycles. The Kier molecular flexibility index (Phi) is 5.04. The predicted molar refractivity (Wildman–Crippen MR) is 78.3 cm³/mol. The fourth-order valence-electron chi connectivity index (χ4n) is 2.62. The van der Waals surface area contributed by atoms with Crippen molar-refractivity contribution in [2.45, 2.75) is 19.8 Å². The molecule has 0 spiro atoms. The molecule has 100 valence electrons. The second-order valence-corrected chi connectivity index (χ2v) is 5.83. The predicted octanol–water partition coefficient (Wildman–Crippen LogP) is 2.98. The fraction of sp³-hybridized carbons (Fsp3) is 0.600. The maximum absolute atomic E-state index is 6.35. The summed E-state index contributed by atoms with van der Waals surface area (Å²) in [6, 6.07) is 8.28. The van der Waals surface area contributed by atoms with Crippen LogP contribution in [0.5, 0.6) is 0 Å². The third-order valence-electron chi connectivity index (χ3n) is 3.77. The molecular weight excluding hydrogens is 244 g/mol. The van der Waals surface area contributed by atoms with E-state index in [4.69, 9.17) is 11.6 Å². The first-order valence-corrected chi connectivity index (χ1v) is 7.24. The molecular formula is C15H23ClN2. The minimum Gasteiger partial charge on any atom is -0.314 e. The van der Waals surface area contributed by atoms with Gasteiger partial charge in [0.05, 0.1) is 0 Å². The van der Waals surface area contributed by atoms with Crippen molar-refractivity contribution in [3.8, 4) is 0 Å². The Labute approximate surface area is 115 Å². The van der Waals surface area contributed by atoms with Gasteiger partial charge in [0.15, 0.2) is 0 Å². The second-order valence-electron chi connectivity index (χ2n) is 5.42. The number of rotatable bonds is 4. The molecule has 3 heteroatoms. The standard InChI is InChI=1S/C15H23ClN2/c1-12(2)14(11-18-9-7-17-8-10-18)13-5-3-4-6-15(13)16/h3-6,12,14,17H,7-11H2,1-2H3. The molecule has 1 aliphatic rings. The van der Waals surface area contributed by atoms with E-state index in [1.165, 1.54) is 5.56 Å². The fourth-order valence-corrected chi connectivity index (χ4v) is 2.89. The van der Waals surface area contributed by atoms with Crippen molar-refractivity contribution < 1.29 is 0 Å². The van der Waals surface area contributed by atoms with Gasteiger partial charge in [-0.25, -0.2) is 0 Å². The summed E-state index contributed by atoms with van der Waals surface area (Å²) in [7, 11) is 0. The van der Waals surface area contributed by atoms with Gasteiger partial charge in [0, 0.05) is 43.7 Å². The molecule has 1 fully saturated rings. The number of hydrogen-bond donors (Lipinski definition) is 1. The molecule has 0 aromatic heterocycles. The molecule has 2 nitrogen and oxygen atoms in total. The van der Waals surface area contributed by atoms with Gasteiger partial charge in [-0.3, -0.25) is 0 Å². The lowest BCUT2D eigenvalue weighted by Crippen LogP contribution is -2.45. The summed E-state index contributed by atoms with van der Waals surface area (Å²) in [6.45, 7) is 10.2. The number of piperazine rings is 1. The van der Waals surface area contributed by atoms with Crippen molar-refractivity contribution in [3.63, 3.8) is 0 Å². The lowest BCUT2D eigenvalue weighted by Gasteiger charge is -2.33. The zero-order chi connectivity index (χ0) is 13.0. The molecule has 0 aliphatic carbocycles. The summed E-state index contributed by atoms with van der Waals surface area (Å²) < 4.78 is 0. The van der Waals surface area contributed by atoms with Gasteiger partial charge in [0.2, 0.25) is 0 Å². The van der Waals surface area contributed by atoms with Gasteiger partial charge in [-0.1, -0.05) is 43.6 Å². The SMILES string of the molecule is CC(C)C(CN1CCNCC1)c1ccccc1Cl. The van der Waals surface area contributed by atoms with E-state index in [0.717, 1.165) is 37.7 Å². The number of nitrogens with zero attached hydrogens (tertiary/aromatic N) is 1. The van der Waals surface area contributed by atoms with Crippen LogP contribution in [0.25, 0.3) is 0 Å². The Bertz CT molecular complexity index is 373. The van der Waals surface area contributed by atoms with Gasteiger partial charge in [0.25, 0.3) is 0 Å². The Morgan fingerprint density at radius 3 is 2.50 bits per heavy atom. The third kappa shape index (κ3) is 3.47. The molecule has 2 rings (SSSR count). The highest BCUT2D eigenvalue weighted by Gasteiger charge is 2.22. The van der Waals surface area contributed by atoms with Crippen LogP contribution in [0.1, 0.15) is 25.3 Å². The van der Waals surface area contributed by atoms with Crippen LogP contribution in [0.3, 0.4) is 0 Å². The highest BCUT2D eigenvalue weighted by molar-refractivity contribution is 6.31. The van der Waals surface area contributed by atoms with E-state index in [9.17, 15) is 0 Å². The molecule has 0 saturated carbocycles. The first kappa shape index (κ1) is 13.9. The average Bonchev–Trinajstić information content (AvgIpc) is 2.38. The summed E-state index contributed by atoms with van der Waals surface area (Å²) in [4.78, 5) is 2.55. The van der Waals surface area contributed by atoms with Gasteiger partial charge in [-0.15, -0.1) is 0 Å². The van der Waals surface area contributed by atoms with E-state index in [1.807, 2.05) is 12.1 Å². The molecule has 1 atom stereocenters. The van der Waals surface area contributed by atoms with Crippen LogP contribution >= 0.6 is 11.6 Å². The summed E-state index contributed by atoms with van der Waals surface area (Å²) in [6.07, 6.45) is 0. The zero-order valence-corrected chi connectivity index (χ0v) is 12.1. The molecule has 1 N–H and O–H groups in total. The maximum Gasteiger partial charge on any atom is 0.0441 e. The van der Waals surface area contributed by atoms with Crippen molar-refractivity contribution in [1.82, 2.24) is 10.2 Å². The molecule has 18 heavy (non-hydrogen) atoms. The van der Waals surface area contributed by atoms with Crippen molar-refractivity contribution in [1.29, 1.82) is 0 Å². The number of hydrogen-bond acceptors (Lipinski definition) is 2. The van der Waals surface area contributed by atoms with E-state index in [-0.39, 0.29) is 0 Å². The first-order valence-electron chi connectivity index (χ1n) is 6.86. The van der Waals surface area contributed by atoms with Crippen LogP contribution in [0.15, 0.2) is 24.3 Å². The molecule has 1 unspecified atom stereocenters. The lowest BCUT2D eigenvalue weighted by atomic mass is 9.87. The van der Waals surface area contributed by atoms with Gasteiger partial charge in [-0.05, 0) is 17.5 Å². The molecule has 0 amide bonds. The quantitative estimate of drug-likeness (QED) is 0.901. The van der Waals surface area contributed by atoms with Crippen LogP contribution in [0, 0.1) is 5.92 Å². The van der Waals surface area contributed by atoms with Crippen LogP contribution in [0.2, 0.25) is 5.02 Å². The summed E-state index contributed by atoms with van der Waals surface area (Å²) in [5, 5.41) is 4.31. The molecule has 1 aromatic rings. The Hall–Kier alpha value is -0.570. The van der Waals surface area contributed by atoms with Crippen molar-refractivity contribution in [2.75, 3.05) is 32.7 Å². The van der Waals surface area contributed by atoms with E-state index < -0.39 is 0 Å². The topological polar surface area (TPSA) is 15.3 Å². The van der Waals surface area contributed by atoms with Crippen LogP contribution < -0.4 is 5.32 Å². The third-order valence-corrected chi connectivity index (χ3v) is 4.12. The molecule has 1 aromatic carbocycles. The largest absolute Gasteiger partial charge is 0.314 e. The number of benzene rings is 1. The number of halogens is 1. The highest BCUT2D eigenvalue weighted by Crippen LogP contribution is 2.30. The van der Waals surface area contributed by atoms with Crippen molar-refractivity contribution in [3.05, 3.63) is 34.9 Å². The van der Waals surface area contributed by atoms with Gasteiger partial charge >= 0.3 is 0 Å². The van der Waals surface area contributed by atoms with E-state index in [0.29, 0.717) is 11.8 Å². The van der Waals surface area contributed by atoms with Gasteiger partial charge in [0.1, 0.15) is 0 Å². The summed E-state index contributed by atoms with van der Waals surface area (Å²) in [5.41, 5.74) is 1.30. The normalized spacial score (nSPS) is 19.1. The summed E-state index contributed by atoms with van der Waals surface area (Å²) >= 11 is 6.35. The van der Waals surface area contributed by atoms with Gasteiger partial charge < -0.3 is 10.2 Å². The van der Waals surface area contributed by atoms with Crippen molar-refractivity contribution in [2.24, 2.45) is 5.92 Å². The Morgan fingerprint density at radius 1 is 1.22 bits per heavy atom. The number of nitrogens with one attached hydrogen (secondary N) is 1. The van der Waals surface area contributed by atoms with E-state index in [2.05, 4.69) is 36.2 Å². The Balaban J connectivity index is 2.10. The van der Waals surface area contributed by atoms with Gasteiger partial charge in [-0.2, -0.15) is 0 Å². The van der Waals surface area contributed by atoms with Crippen LogP contribution in [-0.2, 0) is 0 Å². The second kappa shape index (κ2) is 6.55. The minimum atomic E-state index is 0.525. The smallest absolute Gasteiger partial charge is 0.0441 e. The lowest BCUT2D eigenvalue weighted by molar-refractivity contribution is 0.212. The average molecular weight is 267 g/mol. The van der Waals surface area contributed by atoms with E-state index >= 15 is 0 Å². The van der Waals surface area contributed by atoms with Crippen LogP contribution in [-0.4, -0.2) is 37.6 Å². The minimum absolute atomic E-state index is 0.525. The molecule has 0 bridgehead atoms. The van der Waals surface area contributed by atoms with Crippen LogP contribution in [0.4, 0.5) is 0 Å². The maximum atomic E-state index is 6.35. The summed E-state index contributed by atoms with van der Waals surface area (Å²) in [5.74, 6) is 1.14. The highest BCUT2D eigenvalue weighted by atomic mass is 35.5.